The first-order valence-electron chi connectivity index (χ1n) is 8.11. The van der Waals surface area contributed by atoms with Gasteiger partial charge in [-0.2, -0.15) is 17.5 Å². The molecule has 0 spiro atoms. The average molecular weight is 477 g/mol. The zero-order chi connectivity index (χ0) is 21.9. The maximum Gasteiger partial charge on any atom is 0.417 e. The fourth-order valence-electron chi connectivity index (χ4n) is 2.50. The number of aromatic nitrogens is 2. The Balaban J connectivity index is 2.00. The monoisotopic (exact) mass is 476 g/mol. The minimum absolute atomic E-state index is 0.130. The van der Waals surface area contributed by atoms with E-state index in [1.165, 1.54) is 12.1 Å². The number of amides is 1. The summed E-state index contributed by atoms with van der Waals surface area (Å²) >= 11 is 6.57. The van der Waals surface area contributed by atoms with Gasteiger partial charge in [0.25, 0.3) is 15.9 Å². The Morgan fingerprint density at radius 1 is 1.13 bits per heavy atom. The molecule has 0 radical (unpaired) electrons. The molecule has 0 aliphatic heterocycles. The van der Waals surface area contributed by atoms with Crippen LogP contribution in [0.4, 0.5) is 18.3 Å². The quantitative estimate of drug-likeness (QED) is 0.561. The summed E-state index contributed by atoms with van der Waals surface area (Å²) in [5.74, 6) is -0.535. The van der Waals surface area contributed by atoms with Crippen molar-refractivity contribution in [2.24, 2.45) is 0 Å². The lowest BCUT2D eigenvalue weighted by atomic mass is 10.1. The number of nitrogens with zero attached hydrogens (tertiary/aromatic N) is 2. The van der Waals surface area contributed by atoms with Crippen LogP contribution in [0.15, 0.2) is 53.7 Å². The van der Waals surface area contributed by atoms with Crippen molar-refractivity contribution in [3.8, 4) is 0 Å². The number of anilines is 1. The van der Waals surface area contributed by atoms with Crippen LogP contribution in [0.5, 0.6) is 0 Å². The summed E-state index contributed by atoms with van der Waals surface area (Å²) in [6.07, 6.45) is -3.80. The van der Waals surface area contributed by atoms with E-state index in [9.17, 15) is 26.4 Å². The number of hydrogen-bond donors (Lipinski definition) is 2. The van der Waals surface area contributed by atoms with Crippen LogP contribution in [-0.4, -0.2) is 23.7 Å². The number of carbonyl (C=O) groups is 1. The van der Waals surface area contributed by atoms with E-state index in [0.717, 1.165) is 12.4 Å². The predicted molar refractivity (Wildman–Crippen MR) is 105 cm³/mol. The summed E-state index contributed by atoms with van der Waals surface area (Å²) in [4.78, 5) is 15.1. The Bertz CT molecular complexity index is 1150. The first kappa shape index (κ1) is 22.0. The number of hydrogen-bond acceptors (Lipinski definition) is 6. The summed E-state index contributed by atoms with van der Waals surface area (Å²) in [5.41, 5.74) is -1.15. The van der Waals surface area contributed by atoms with Crippen molar-refractivity contribution in [2.45, 2.75) is 17.6 Å². The molecule has 0 saturated heterocycles. The normalized spacial score (nSPS) is 11.9. The van der Waals surface area contributed by atoms with Gasteiger partial charge in [-0.1, -0.05) is 35.9 Å². The van der Waals surface area contributed by atoms with Gasteiger partial charge in [-0.3, -0.25) is 9.52 Å². The van der Waals surface area contributed by atoms with Crippen LogP contribution in [0.25, 0.3) is 0 Å². The fourth-order valence-corrected chi connectivity index (χ4v) is 5.07. The van der Waals surface area contributed by atoms with E-state index in [4.69, 9.17) is 11.6 Å². The Morgan fingerprint density at radius 2 is 1.83 bits per heavy atom. The topological polar surface area (TPSA) is 101 Å². The van der Waals surface area contributed by atoms with E-state index in [0.29, 0.717) is 23.2 Å². The molecule has 2 aromatic carbocycles. The molecule has 0 fully saturated rings. The highest BCUT2D eigenvalue weighted by molar-refractivity contribution is 7.93. The van der Waals surface area contributed by atoms with Crippen molar-refractivity contribution in [2.75, 3.05) is 4.72 Å². The van der Waals surface area contributed by atoms with Crippen LogP contribution in [0.3, 0.4) is 0 Å². The lowest BCUT2D eigenvalue weighted by molar-refractivity contribution is -0.137. The molecule has 0 bridgehead atoms. The second-order valence-electron chi connectivity index (χ2n) is 5.81. The third kappa shape index (κ3) is 4.89. The Kier molecular flexibility index (Phi) is 6.29. The van der Waals surface area contributed by atoms with E-state index in [-0.39, 0.29) is 17.2 Å². The maximum absolute atomic E-state index is 13.3. The van der Waals surface area contributed by atoms with Gasteiger partial charge in [0.1, 0.15) is 11.2 Å². The zero-order valence-corrected chi connectivity index (χ0v) is 17.2. The van der Waals surface area contributed by atoms with Crippen LogP contribution in [0.2, 0.25) is 5.02 Å². The van der Waals surface area contributed by atoms with E-state index in [1.54, 1.807) is 18.2 Å². The summed E-state index contributed by atoms with van der Waals surface area (Å²) in [7, 11) is -4.57. The third-order valence-electron chi connectivity index (χ3n) is 3.81. The second kappa shape index (κ2) is 8.58. The smallest absolute Gasteiger partial charge is 0.348 e. The van der Waals surface area contributed by atoms with Crippen molar-refractivity contribution in [3.05, 3.63) is 70.5 Å². The zero-order valence-electron chi connectivity index (χ0n) is 14.8. The molecule has 158 valence electrons. The number of carbonyl (C=O) groups excluding carboxylic acids is 1. The number of sulfonamides is 1. The van der Waals surface area contributed by atoms with Crippen LogP contribution < -0.4 is 10.0 Å². The predicted octanol–water partition coefficient (Wildman–Crippen LogP) is 3.94. The van der Waals surface area contributed by atoms with Gasteiger partial charge >= 0.3 is 6.18 Å². The number of benzene rings is 2. The second-order valence-corrected chi connectivity index (χ2v) is 8.59. The molecule has 1 heterocycles. The Labute approximate surface area is 178 Å². The number of alkyl halides is 3. The molecule has 3 aromatic rings. The molecule has 13 heteroatoms. The fraction of sp³-hybridized carbons (Fsp3) is 0.118. The average Bonchev–Trinajstić information content (AvgIpc) is 3.17. The molecule has 0 aliphatic rings. The van der Waals surface area contributed by atoms with Gasteiger partial charge in [-0.15, -0.1) is 0 Å². The SMILES string of the molecule is O=C(NCc1ccc(C(F)(F)F)c(Cl)c1S(=O)(=O)Nc1ncns1)c1ccccc1. The highest BCUT2D eigenvalue weighted by Gasteiger charge is 2.37. The van der Waals surface area contributed by atoms with Crippen molar-refractivity contribution in [1.29, 1.82) is 0 Å². The van der Waals surface area contributed by atoms with Crippen molar-refractivity contribution in [1.82, 2.24) is 14.7 Å². The first-order chi connectivity index (χ1) is 14.1. The first-order valence-corrected chi connectivity index (χ1v) is 10.7. The largest absolute Gasteiger partial charge is 0.417 e. The van der Waals surface area contributed by atoms with Gasteiger partial charge in [0.15, 0.2) is 0 Å². The molecular formula is C17H12ClF3N4O3S2. The summed E-state index contributed by atoms with van der Waals surface area (Å²) in [6, 6.07) is 9.65. The molecular weight excluding hydrogens is 465 g/mol. The number of rotatable bonds is 6. The molecule has 0 atom stereocenters. The van der Waals surface area contributed by atoms with E-state index < -0.39 is 37.6 Å². The van der Waals surface area contributed by atoms with Gasteiger partial charge in [0, 0.05) is 23.6 Å². The minimum atomic E-state index is -4.88. The molecule has 30 heavy (non-hydrogen) atoms. The van der Waals surface area contributed by atoms with E-state index in [1.807, 2.05) is 4.72 Å². The Morgan fingerprint density at radius 3 is 2.43 bits per heavy atom. The van der Waals surface area contributed by atoms with Gasteiger partial charge in [0.05, 0.1) is 10.6 Å². The van der Waals surface area contributed by atoms with E-state index in [2.05, 4.69) is 14.7 Å². The minimum Gasteiger partial charge on any atom is -0.348 e. The highest BCUT2D eigenvalue weighted by atomic mass is 35.5. The molecule has 3 rings (SSSR count). The third-order valence-corrected chi connectivity index (χ3v) is 6.49. The Hall–Kier alpha value is -2.70. The van der Waals surface area contributed by atoms with Crippen LogP contribution in [0.1, 0.15) is 21.5 Å². The molecule has 7 nitrogen and oxygen atoms in total. The number of halogens is 4. The molecule has 0 unspecified atom stereocenters. The van der Waals surface area contributed by atoms with Gasteiger partial charge < -0.3 is 5.32 Å². The van der Waals surface area contributed by atoms with Crippen LogP contribution in [0, 0.1) is 0 Å². The molecule has 0 saturated carbocycles. The van der Waals surface area contributed by atoms with Crippen molar-refractivity contribution < 1.29 is 26.4 Å². The van der Waals surface area contributed by atoms with Crippen LogP contribution in [-0.2, 0) is 22.7 Å². The lowest BCUT2D eigenvalue weighted by Crippen LogP contribution is -2.25. The highest BCUT2D eigenvalue weighted by Crippen LogP contribution is 2.39. The molecule has 1 amide bonds. The molecule has 0 aliphatic carbocycles. The van der Waals surface area contributed by atoms with Crippen LogP contribution >= 0.6 is 23.1 Å². The summed E-state index contributed by atoms with van der Waals surface area (Å²) in [6.45, 7) is -0.377. The van der Waals surface area contributed by atoms with Gasteiger partial charge in [-0.25, -0.2) is 13.4 Å². The molecule has 2 N–H and O–H groups in total. The van der Waals surface area contributed by atoms with Gasteiger partial charge in [0.2, 0.25) is 5.13 Å². The van der Waals surface area contributed by atoms with E-state index >= 15 is 0 Å². The summed E-state index contributed by atoms with van der Waals surface area (Å²) in [5, 5.41) is 1.32. The van der Waals surface area contributed by atoms with Crippen molar-refractivity contribution in [3.63, 3.8) is 0 Å². The standard InChI is InChI=1S/C17H12ClF3N4O3S2/c18-13-12(17(19,20)21)7-6-11(8-22-15(26)10-4-2-1-3-5-10)14(13)30(27,28)25-16-23-9-24-29-16/h1-7,9H,8H2,(H,22,26)(H,23,24,25). The summed E-state index contributed by atoms with van der Waals surface area (Å²) < 4.78 is 71.1. The lowest BCUT2D eigenvalue weighted by Gasteiger charge is -2.17. The maximum atomic E-state index is 13.3. The molecule has 1 aromatic heterocycles. The number of nitrogens with one attached hydrogen (secondary N) is 2. The van der Waals surface area contributed by atoms with Gasteiger partial charge in [-0.05, 0) is 23.8 Å². The van der Waals surface area contributed by atoms with Crippen molar-refractivity contribution >= 4 is 44.2 Å².